The molecule has 1 aliphatic heterocycles. The Morgan fingerprint density at radius 2 is 2.11 bits per heavy atom. The van der Waals surface area contributed by atoms with Crippen LogP contribution in [0, 0.1) is 0 Å². The van der Waals surface area contributed by atoms with Gasteiger partial charge in [0, 0.05) is 13.1 Å². The highest BCUT2D eigenvalue weighted by molar-refractivity contribution is 5.95. The molecule has 27 heavy (non-hydrogen) atoms. The van der Waals surface area contributed by atoms with Gasteiger partial charge in [-0.1, -0.05) is 12.1 Å². The summed E-state index contributed by atoms with van der Waals surface area (Å²) in [5.74, 6) is 0.408. The molecule has 7 nitrogen and oxygen atoms in total. The number of carbonyl (C=O) groups excluding carboxylic acids is 2. The van der Waals surface area contributed by atoms with Crippen LogP contribution in [0.4, 0.5) is 0 Å². The summed E-state index contributed by atoms with van der Waals surface area (Å²) in [5, 5.41) is 2.69. The maximum Gasteiger partial charge on any atom is 0.287 e. The smallest absolute Gasteiger partial charge is 0.287 e. The average molecular weight is 367 g/mol. The highest BCUT2D eigenvalue weighted by Gasteiger charge is 2.31. The first-order valence-electron chi connectivity index (χ1n) is 9.10. The minimum Gasteiger partial charge on any atom is -0.459 e. The molecule has 140 valence electrons. The number of oxazole rings is 1. The van der Waals surface area contributed by atoms with Gasteiger partial charge in [-0.05, 0) is 44.0 Å². The summed E-state index contributed by atoms with van der Waals surface area (Å²) < 4.78 is 10.9. The molecule has 0 aliphatic carbocycles. The van der Waals surface area contributed by atoms with Crippen molar-refractivity contribution < 1.29 is 18.4 Å². The van der Waals surface area contributed by atoms with Gasteiger partial charge in [-0.15, -0.1) is 0 Å². The van der Waals surface area contributed by atoms with Crippen molar-refractivity contribution in [2.75, 3.05) is 13.1 Å². The van der Waals surface area contributed by atoms with Crippen LogP contribution in [0.25, 0.3) is 11.1 Å². The van der Waals surface area contributed by atoms with Crippen molar-refractivity contribution in [3.63, 3.8) is 0 Å². The Kier molecular flexibility index (Phi) is 4.66. The van der Waals surface area contributed by atoms with Gasteiger partial charge in [0.2, 0.25) is 5.91 Å². The number of hydrogen-bond donors (Lipinski definition) is 1. The number of likely N-dealkylation sites (tertiary alicyclic amines) is 1. The van der Waals surface area contributed by atoms with E-state index in [-0.39, 0.29) is 17.6 Å². The van der Waals surface area contributed by atoms with E-state index in [4.69, 9.17) is 8.83 Å². The van der Waals surface area contributed by atoms with E-state index in [1.807, 2.05) is 24.3 Å². The van der Waals surface area contributed by atoms with Crippen molar-refractivity contribution in [2.45, 2.75) is 31.7 Å². The summed E-state index contributed by atoms with van der Waals surface area (Å²) >= 11 is 0. The lowest BCUT2D eigenvalue weighted by atomic mass is 9.97. The van der Waals surface area contributed by atoms with Crippen LogP contribution >= 0.6 is 0 Å². The quantitative estimate of drug-likeness (QED) is 0.766. The normalized spacial score (nSPS) is 18.4. The Balaban J connectivity index is 1.42. The number of furan rings is 1. The molecule has 1 saturated heterocycles. The van der Waals surface area contributed by atoms with Gasteiger partial charge in [0.25, 0.3) is 5.91 Å². The van der Waals surface area contributed by atoms with Gasteiger partial charge in [-0.3, -0.25) is 9.59 Å². The molecule has 4 rings (SSSR count). The van der Waals surface area contributed by atoms with E-state index < -0.39 is 11.9 Å². The molecule has 0 saturated carbocycles. The Labute approximate surface area is 156 Å². The molecule has 1 aromatic carbocycles. The van der Waals surface area contributed by atoms with Gasteiger partial charge in [0.15, 0.2) is 17.2 Å². The number of nitrogens with zero attached hydrogens (tertiary/aromatic N) is 2. The number of piperidine rings is 1. The summed E-state index contributed by atoms with van der Waals surface area (Å²) in [6.07, 6.45) is 3.22. The molecule has 2 aromatic heterocycles. The molecule has 0 spiro atoms. The lowest BCUT2D eigenvalue weighted by Gasteiger charge is -2.33. The Bertz CT molecular complexity index is 914. The number of carbonyl (C=O) groups is 2. The Morgan fingerprint density at radius 1 is 1.26 bits per heavy atom. The van der Waals surface area contributed by atoms with Gasteiger partial charge < -0.3 is 19.1 Å². The van der Waals surface area contributed by atoms with E-state index in [0.717, 1.165) is 23.9 Å². The first kappa shape index (κ1) is 17.3. The maximum absolute atomic E-state index is 12.8. The summed E-state index contributed by atoms with van der Waals surface area (Å²) in [6, 6.07) is 10.2. The van der Waals surface area contributed by atoms with E-state index >= 15 is 0 Å². The lowest BCUT2D eigenvalue weighted by molar-refractivity contribution is -0.134. The van der Waals surface area contributed by atoms with Gasteiger partial charge in [-0.25, -0.2) is 4.98 Å². The minimum atomic E-state index is -0.634. The van der Waals surface area contributed by atoms with Crippen LogP contribution in [-0.4, -0.2) is 40.8 Å². The standard InChI is InChI=1S/C20H21N3O4/c1-13(21-18(24)17-9-5-11-26-17)20(25)23-10-4-6-14(12-23)19-22-15-7-2-3-8-16(15)27-19/h2-3,5,7-9,11,13-14H,4,6,10,12H2,1H3,(H,21,24)/t13-,14-/m0/s1. The highest BCUT2D eigenvalue weighted by Crippen LogP contribution is 2.29. The van der Waals surface area contributed by atoms with Crippen molar-refractivity contribution in [2.24, 2.45) is 0 Å². The number of nitrogens with one attached hydrogen (secondary N) is 1. The van der Waals surface area contributed by atoms with E-state index in [2.05, 4.69) is 10.3 Å². The molecule has 0 radical (unpaired) electrons. The maximum atomic E-state index is 12.8. The number of amides is 2. The van der Waals surface area contributed by atoms with Crippen LogP contribution in [-0.2, 0) is 4.79 Å². The predicted octanol–water partition coefficient (Wildman–Crippen LogP) is 2.95. The van der Waals surface area contributed by atoms with E-state index in [1.54, 1.807) is 24.0 Å². The lowest BCUT2D eigenvalue weighted by Crippen LogP contribution is -2.49. The third-order valence-corrected chi connectivity index (χ3v) is 4.86. The number of aromatic nitrogens is 1. The zero-order valence-corrected chi connectivity index (χ0v) is 15.1. The fourth-order valence-electron chi connectivity index (χ4n) is 3.45. The van der Waals surface area contributed by atoms with Gasteiger partial charge >= 0.3 is 0 Å². The van der Waals surface area contributed by atoms with Crippen LogP contribution in [0.1, 0.15) is 42.1 Å². The summed E-state index contributed by atoms with van der Waals surface area (Å²) in [5.41, 5.74) is 1.59. The fraction of sp³-hybridized carbons (Fsp3) is 0.350. The van der Waals surface area contributed by atoms with Crippen molar-refractivity contribution in [1.29, 1.82) is 0 Å². The zero-order chi connectivity index (χ0) is 18.8. The van der Waals surface area contributed by atoms with Crippen LogP contribution in [0.15, 0.2) is 51.5 Å². The highest BCUT2D eigenvalue weighted by atomic mass is 16.3. The van der Waals surface area contributed by atoms with Crippen molar-refractivity contribution in [3.8, 4) is 0 Å². The third kappa shape index (κ3) is 3.58. The Hall–Kier alpha value is -3.09. The summed E-state index contributed by atoms with van der Waals surface area (Å²) in [6.45, 7) is 2.88. The largest absolute Gasteiger partial charge is 0.459 e. The van der Waals surface area contributed by atoms with Crippen LogP contribution in [0.2, 0.25) is 0 Å². The summed E-state index contributed by atoms with van der Waals surface area (Å²) in [7, 11) is 0. The molecule has 0 bridgehead atoms. The first-order chi connectivity index (χ1) is 13.1. The van der Waals surface area contributed by atoms with Crippen LogP contribution in [0.3, 0.4) is 0 Å². The van der Waals surface area contributed by atoms with Crippen LogP contribution in [0.5, 0.6) is 0 Å². The molecule has 7 heteroatoms. The molecular weight excluding hydrogens is 346 g/mol. The van der Waals surface area contributed by atoms with E-state index in [9.17, 15) is 9.59 Å². The number of benzene rings is 1. The molecule has 2 amide bonds. The van der Waals surface area contributed by atoms with Crippen molar-refractivity contribution in [1.82, 2.24) is 15.2 Å². The second-order valence-corrected chi connectivity index (χ2v) is 6.82. The number of para-hydroxylation sites is 2. The topological polar surface area (TPSA) is 88.6 Å². The van der Waals surface area contributed by atoms with Crippen LogP contribution < -0.4 is 5.32 Å². The Morgan fingerprint density at radius 3 is 2.89 bits per heavy atom. The molecule has 3 aromatic rings. The first-order valence-corrected chi connectivity index (χ1v) is 9.10. The second kappa shape index (κ2) is 7.26. The fourth-order valence-corrected chi connectivity index (χ4v) is 3.45. The molecule has 1 N–H and O–H groups in total. The van der Waals surface area contributed by atoms with Gasteiger partial charge in [0.1, 0.15) is 11.6 Å². The third-order valence-electron chi connectivity index (χ3n) is 4.86. The second-order valence-electron chi connectivity index (χ2n) is 6.82. The molecule has 2 atom stereocenters. The zero-order valence-electron chi connectivity index (χ0n) is 15.1. The average Bonchev–Trinajstić information content (AvgIpc) is 3.37. The van der Waals surface area contributed by atoms with Crippen molar-refractivity contribution in [3.05, 3.63) is 54.3 Å². The monoisotopic (exact) mass is 367 g/mol. The van der Waals surface area contributed by atoms with Gasteiger partial charge in [0.05, 0.1) is 12.2 Å². The number of rotatable bonds is 4. The van der Waals surface area contributed by atoms with E-state index in [1.165, 1.54) is 6.26 Å². The minimum absolute atomic E-state index is 0.0584. The molecule has 3 heterocycles. The summed E-state index contributed by atoms with van der Waals surface area (Å²) in [4.78, 5) is 31.2. The molecular formula is C20H21N3O4. The predicted molar refractivity (Wildman–Crippen MR) is 98.2 cm³/mol. The number of hydrogen-bond acceptors (Lipinski definition) is 5. The molecule has 1 aliphatic rings. The molecule has 0 unspecified atom stereocenters. The van der Waals surface area contributed by atoms with Crippen molar-refractivity contribution >= 4 is 22.9 Å². The van der Waals surface area contributed by atoms with Gasteiger partial charge in [-0.2, -0.15) is 0 Å². The SMILES string of the molecule is C[C@H](NC(=O)c1ccco1)C(=O)N1CCC[C@H](c2nc3ccccc3o2)C1. The number of fused-ring (bicyclic) bond motifs is 1. The molecule has 1 fully saturated rings. The van der Waals surface area contributed by atoms with E-state index in [0.29, 0.717) is 19.0 Å².